The second-order valence-corrected chi connectivity index (χ2v) is 2.90. The molecule has 1 aromatic heterocycles. The van der Waals surface area contributed by atoms with Crippen molar-refractivity contribution in [3.05, 3.63) is 29.0 Å². The Morgan fingerprint density at radius 2 is 2.42 bits per heavy atom. The number of nitrogens with zero attached hydrogens (tertiary/aromatic N) is 1. The van der Waals surface area contributed by atoms with Crippen molar-refractivity contribution >= 4 is 11.6 Å². The summed E-state index contributed by atoms with van der Waals surface area (Å²) in [7, 11) is 0. The van der Waals surface area contributed by atoms with Gasteiger partial charge in [0.1, 0.15) is 0 Å². The molecule has 1 heterocycles. The number of pyridine rings is 1. The van der Waals surface area contributed by atoms with Gasteiger partial charge in [-0.05, 0) is 19.9 Å². The first-order valence-electron chi connectivity index (χ1n) is 3.96. The van der Waals surface area contributed by atoms with Crippen molar-refractivity contribution in [3.8, 4) is 0 Å². The van der Waals surface area contributed by atoms with E-state index in [0.717, 1.165) is 5.56 Å². The van der Waals surface area contributed by atoms with Crippen molar-refractivity contribution in [2.24, 2.45) is 0 Å². The number of hydrogen-bond acceptors (Lipinski definition) is 2. The molecule has 0 saturated heterocycles. The second kappa shape index (κ2) is 4.43. The van der Waals surface area contributed by atoms with Gasteiger partial charge in [-0.1, -0.05) is 11.6 Å². The average Bonchev–Trinajstić information content (AvgIpc) is 2.05. The summed E-state index contributed by atoms with van der Waals surface area (Å²) in [6, 6.07) is 1.77. The Bertz CT molecular complexity index is 252. The summed E-state index contributed by atoms with van der Waals surface area (Å²) in [5.74, 6) is 0. The normalized spacial score (nSPS) is 12.9. The summed E-state index contributed by atoms with van der Waals surface area (Å²) in [5.41, 5.74) is 0.945. The van der Waals surface area contributed by atoms with E-state index in [9.17, 15) is 0 Å². The number of aromatic nitrogens is 1. The van der Waals surface area contributed by atoms with Crippen LogP contribution in [0.1, 0.15) is 25.5 Å². The largest absolute Gasteiger partial charge is 0.374 e. The van der Waals surface area contributed by atoms with Gasteiger partial charge < -0.3 is 4.74 Å². The zero-order valence-corrected chi connectivity index (χ0v) is 8.01. The summed E-state index contributed by atoms with van der Waals surface area (Å²) >= 11 is 5.93. The molecule has 0 saturated carbocycles. The first-order chi connectivity index (χ1) is 5.75. The zero-order chi connectivity index (χ0) is 8.97. The van der Waals surface area contributed by atoms with Crippen molar-refractivity contribution in [1.82, 2.24) is 4.98 Å². The third-order valence-corrected chi connectivity index (χ3v) is 2.00. The molecule has 0 fully saturated rings. The van der Waals surface area contributed by atoms with Gasteiger partial charge >= 0.3 is 0 Å². The summed E-state index contributed by atoms with van der Waals surface area (Å²) in [4.78, 5) is 3.98. The van der Waals surface area contributed by atoms with Gasteiger partial charge in [0.15, 0.2) is 0 Å². The van der Waals surface area contributed by atoms with Crippen molar-refractivity contribution in [2.45, 2.75) is 20.0 Å². The number of hydrogen-bond donors (Lipinski definition) is 0. The maximum absolute atomic E-state index is 5.93. The van der Waals surface area contributed by atoms with Gasteiger partial charge in [0.2, 0.25) is 0 Å². The molecule has 0 aromatic carbocycles. The van der Waals surface area contributed by atoms with Crippen LogP contribution in [0.15, 0.2) is 18.5 Å². The molecule has 12 heavy (non-hydrogen) atoms. The molecule has 0 radical (unpaired) electrons. The summed E-state index contributed by atoms with van der Waals surface area (Å²) in [6.45, 7) is 4.61. The van der Waals surface area contributed by atoms with Crippen LogP contribution in [-0.2, 0) is 4.74 Å². The lowest BCUT2D eigenvalue weighted by atomic mass is 10.2. The quantitative estimate of drug-likeness (QED) is 0.723. The SMILES string of the molecule is CCOC(C)c1cnccc1Cl. The summed E-state index contributed by atoms with van der Waals surface area (Å²) in [6.07, 6.45) is 3.43. The molecule has 2 nitrogen and oxygen atoms in total. The molecule has 0 aliphatic rings. The van der Waals surface area contributed by atoms with E-state index in [0.29, 0.717) is 11.6 Å². The van der Waals surface area contributed by atoms with Crippen molar-refractivity contribution in [3.63, 3.8) is 0 Å². The zero-order valence-electron chi connectivity index (χ0n) is 7.25. The van der Waals surface area contributed by atoms with Crippen LogP contribution in [0.4, 0.5) is 0 Å². The molecule has 66 valence electrons. The van der Waals surface area contributed by atoms with Gasteiger partial charge in [0.25, 0.3) is 0 Å². The third kappa shape index (κ3) is 2.19. The topological polar surface area (TPSA) is 22.1 Å². The van der Waals surface area contributed by atoms with Crippen LogP contribution in [0, 0.1) is 0 Å². The van der Waals surface area contributed by atoms with E-state index in [4.69, 9.17) is 16.3 Å². The fourth-order valence-electron chi connectivity index (χ4n) is 1.03. The average molecular weight is 186 g/mol. The Labute approximate surface area is 77.5 Å². The Morgan fingerprint density at radius 1 is 1.67 bits per heavy atom. The molecule has 0 bridgehead atoms. The van der Waals surface area contributed by atoms with Gasteiger partial charge in [0.05, 0.1) is 6.10 Å². The van der Waals surface area contributed by atoms with Gasteiger partial charge in [-0.2, -0.15) is 0 Å². The summed E-state index contributed by atoms with van der Waals surface area (Å²) in [5, 5.41) is 0.714. The van der Waals surface area contributed by atoms with E-state index in [1.54, 1.807) is 18.5 Å². The maximum atomic E-state index is 5.93. The minimum Gasteiger partial charge on any atom is -0.374 e. The van der Waals surface area contributed by atoms with E-state index in [1.165, 1.54) is 0 Å². The number of halogens is 1. The van der Waals surface area contributed by atoms with E-state index in [1.807, 2.05) is 13.8 Å². The molecule has 0 amide bonds. The smallest absolute Gasteiger partial charge is 0.0826 e. The molecule has 1 aromatic rings. The Balaban J connectivity index is 2.79. The van der Waals surface area contributed by atoms with Crippen LogP contribution in [0.5, 0.6) is 0 Å². The molecule has 0 N–H and O–H groups in total. The standard InChI is InChI=1S/C9H12ClNO/c1-3-12-7(2)8-6-11-5-4-9(8)10/h4-7H,3H2,1-2H3. The number of rotatable bonds is 3. The molecule has 0 aliphatic heterocycles. The minimum atomic E-state index is 0.0243. The van der Waals surface area contributed by atoms with Crippen molar-refractivity contribution in [1.29, 1.82) is 0 Å². The molecule has 1 atom stereocenters. The van der Waals surface area contributed by atoms with Gasteiger partial charge in [-0.3, -0.25) is 4.98 Å². The molecule has 1 unspecified atom stereocenters. The fraction of sp³-hybridized carbons (Fsp3) is 0.444. The lowest BCUT2D eigenvalue weighted by Crippen LogP contribution is -2.00. The molecule has 1 rings (SSSR count). The van der Waals surface area contributed by atoms with Crippen LogP contribution < -0.4 is 0 Å². The van der Waals surface area contributed by atoms with Crippen molar-refractivity contribution < 1.29 is 4.74 Å². The van der Waals surface area contributed by atoms with Crippen LogP contribution in [0.2, 0.25) is 5.02 Å². The Kier molecular flexibility index (Phi) is 3.50. The predicted molar refractivity (Wildman–Crippen MR) is 49.3 cm³/mol. The maximum Gasteiger partial charge on any atom is 0.0826 e. The van der Waals surface area contributed by atoms with Crippen LogP contribution in [-0.4, -0.2) is 11.6 Å². The van der Waals surface area contributed by atoms with Crippen LogP contribution in [0.25, 0.3) is 0 Å². The lowest BCUT2D eigenvalue weighted by molar-refractivity contribution is 0.0762. The van der Waals surface area contributed by atoms with Gasteiger partial charge in [0, 0.05) is 29.6 Å². The van der Waals surface area contributed by atoms with Crippen LogP contribution in [0.3, 0.4) is 0 Å². The van der Waals surface area contributed by atoms with E-state index < -0.39 is 0 Å². The highest BCUT2D eigenvalue weighted by atomic mass is 35.5. The van der Waals surface area contributed by atoms with E-state index in [-0.39, 0.29) is 6.10 Å². The van der Waals surface area contributed by atoms with E-state index in [2.05, 4.69) is 4.98 Å². The Hall–Kier alpha value is -0.600. The van der Waals surface area contributed by atoms with Crippen LogP contribution >= 0.6 is 11.6 Å². The van der Waals surface area contributed by atoms with Crippen molar-refractivity contribution in [2.75, 3.05) is 6.61 Å². The molecular weight excluding hydrogens is 174 g/mol. The van der Waals surface area contributed by atoms with E-state index >= 15 is 0 Å². The minimum absolute atomic E-state index is 0.0243. The monoisotopic (exact) mass is 185 g/mol. The lowest BCUT2D eigenvalue weighted by Gasteiger charge is -2.12. The highest BCUT2D eigenvalue weighted by molar-refractivity contribution is 6.31. The predicted octanol–water partition coefficient (Wildman–Crippen LogP) is 2.83. The highest BCUT2D eigenvalue weighted by Gasteiger charge is 2.08. The summed E-state index contributed by atoms with van der Waals surface area (Å²) < 4.78 is 5.38. The fourth-order valence-corrected chi connectivity index (χ4v) is 1.29. The molecular formula is C9H12ClNO. The molecule has 0 spiro atoms. The Morgan fingerprint density at radius 3 is 3.00 bits per heavy atom. The third-order valence-electron chi connectivity index (χ3n) is 1.65. The van der Waals surface area contributed by atoms with Gasteiger partial charge in [-0.15, -0.1) is 0 Å². The van der Waals surface area contributed by atoms with Gasteiger partial charge in [-0.25, -0.2) is 0 Å². The molecule has 3 heteroatoms. The first-order valence-corrected chi connectivity index (χ1v) is 4.34. The second-order valence-electron chi connectivity index (χ2n) is 2.49. The highest BCUT2D eigenvalue weighted by Crippen LogP contribution is 2.23. The first kappa shape index (κ1) is 9.49. The molecule has 0 aliphatic carbocycles. The number of ether oxygens (including phenoxy) is 1.